The summed E-state index contributed by atoms with van der Waals surface area (Å²) in [5.74, 6) is -2.50. The lowest BCUT2D eigenvalue weighted by molar-refractivity contribution is -0.128. The number of ether oxygens (including phenoxy) is 1. The Bertz CT molecular complexity index is 771. The summed E-state index contributed by atoms with van der Waals surface area (Å²) in [7, 11) is 0. The molecule has 0 aliphatic rings. The molecule has 0 radical (unpaired) electrons. The lowest BCUT2D eigenvalue weighted by Crippen LogP contribution is -2.47. The number of carbonyl (C=O) groups is 2. The van der Waals surface area contributed by atoms with Crippen molar-refractivity contribution in [3.05, 3.63) is 64.1 Å². The average molecular weight is 399 g/mol. The lowest BCUT2D eigenvalue weighted by Gasteiger charge is -2.15. The van der Waals surface area contributed by atoms with Crippen LogP contribution in [0.1, 0.15) is 17.3 Å². The highest BCUT2D eigenvalue weighted by Gasteiger charge is 2.18. The molecule has 0 spiro atoms. The number of hydrogen-bond donors (Lipinski definition) is 2. The van der Waals surface area contributed by atoms with E-state index in [9.17, 15) is 18.4 Å². The molecule has 0 saturated carbocycles. The van der Waals surface area contributed by atoms with Crippen LogP contribution >= 0.6 is 15.9 Å². The fraction of sp³-hybridized carbons (Fsp3) is 0.125. The summed E-state index contributed by atoms with van der Waals surface area (Å²) in [4.78, 5) is 23.8. The number of hydrazine groups is 1. The van der Waals surface area contributed by atoms with Crippen LogP contribution in [0.5, 0.6) is 5.75 Å². The molecular formula is C16H13BrF2N2O3. The molecule has 0 bridgehead atoms. The summed E-state index contributed by atoms with van der Waals surface area (Å²) in [6, 6.07) is 9.15. The Hall–Kier alpha value is -2.48. The Morgan fingerprint density at radius 2 is 1.83 bits per heavy atom. The fourth-order valence-corrected chi connectivity index (χ4v) is 2.28. The van der Waals surface area contributed by atoms with Gasteiger partial charge < -0.3 is 4.74 Å². The SMILES string of the molecule is C[C@@H](Oc1ccccc1F)C(=O)NNC(=O)c1ccc(F)cc1Br. The molecule has 8 heteroatoms. The number of benzene rings is 2. The topological polar surface area (TPSA) is 67.4 Å². The van der Waals surface area contributed by atoms with Crippen molar-refractivity contribution in [3.63, 3.8) is 0 Å². The second-order valence-corrected chi connectivity index (χ2v) is 5.61. The van der Waals surface area contributed by atoms with Crippen LogP contribution in [-0.4, -0.2) is 17.9 Å². The molecule has 1 atom stereocenters. The van der Waals surface area contributed by atoms with E-state index in [2.05, 4.69) is 26.8 Å². The smallest absolute Gasteiger partial charge is 0.279 e. The number of para-hydroxylation sites is 1. The van der Waals surface area contributed by atoms with Crippen molar-refractivity contribution in [1.82, 2.24) is 10.9 Å². The monoisotopic (exact) mass is 398 g/mol. The fourth-order valence-electron chi connectivity index (χ4n) is 1.75. The number of hydrogen-bond acceptors (Lipinski definition) is 3. The van der Waals surface area contributed by atoms with E-state index in [1.165, 1.54) is 31.2 Å². The molecule has 126 valence electrons. The van der Waals surface area contributed by atoms with Gasteiger partial charge in [-0.1, -0.05) is 12.1 Å². The number of halogens is 3. The highest BCUT2D eigenvalue weighted by molar-refractivity contribution is 9.10. The van der Waals surface area contributed by atoms with Crippen LogP contribution < -0.4 is 15.6 Å². The van der Waals surface area contributed by atoms with Gasteiger partial charge in [-0.2, -0.15) is 0 Å². The van der Waals surface area contributed by atoms with Crippen molar-refractivity contribution in [1.29, 1.82) is 0 Å². The van der Waals surface area contributed by atoms with E-state index in [1.807, 2.05) is 0 Å². The highest BCUT2D eigenvalue weighted by Crippen LogP contribution is 2.18. The second kappa shape index (κ2) is 7.87. The van der Waals surface area contributed by atoms with E-state index >= 15 is 0 Å². The van der Waals surface area contributed by atoms with Crippen molar-refractivity contribution < 1.29 is 23.1 Å². The zero-order chi connectivity index (χ0) is 17.7. The molecule has 0 heterocycles. The van der Waals surface area contributed by atoms with Gasteiger partial charge in [0.15, 0.2) is 17.7 Å². The van der Waals surface area contributed by atoms with Gasteiger partial charge in [0, 0.05) is 4.47 Å². The first-order valence-corrected chi connectivity index (χ1v) is 7.64. The molecule has 2 aromatic carbocycles. The summed E-state index contributed by atoms with van der Waals surface area (Å²) in [5, 5.41) is 0. The normalized spacial score (nSPS) is 11.5. The standard InChI is InChI=1S/C16H13BrF2N2O3/c1-9(24-14-5-3-2-4-13(14)19)15(22)20-21-16(23)11-7-6-10(18)8-12(11)17/h2-9H,1H3,(H,20,22)(H,21,23)/t9-/m1/s1. The Kier molecular flexibility index (Phi) is 5.86. The summed E-state index contributed by atoms with van der Waals surface area (Å²) in [6.45, 7) is 1.40. The van der Waals surface area contributed by atoms with E-state index < -0.39 is 29.6 Å². The van der Waals surface area contributed by atoms with E-state index in [-0.39, 0.29) is 15.8 Å². The number of rotatable bonds is 4. The molecule has 0 aliphatic carbocycles. The predicted octanol–water partition coefficient (Wildman–Crippen LogP) is 2.96. The molecule has 2 N–H and O–H groups in total. The summed E-state index contributed by atoms with van der Waals surface area (Å²) in [5.41, 5.74) is 4.48. The minimum atomic E-state index is -1.04. The van der Waals surface area contributed by atoms with Gasteiger partial charge in [-0.15, -0.1) is 0 Å². The van der Waals surface area contributed by atoms with Gasteiger partial charge in [0.1, 0.15) is 5.82 Å². The molecule has 0 unspecified atom stereocenters. The third-order valence-electron chi connectivity index (χ3n) is 2.98. The van der Waals surface area contributed by atoms with Crippen LogP contribution in [-0.2, 0) is 4.79 Å². The van der Waals surface area contributed by atoms with Gasteiger partial charge >= 0.3 is 0 Å². The van der Waals surface area contributed by atoms with E-state index in [1.54, 1.807) is 6.07 Å². The van der Waals surface area contributed by atoms with E-state index in [0.717, 1.165) is 12.1 Å². The molecule has 2 rings (SSSR count). The van der Waals surface area contributed by atoms with Crippen LogP contribution in [0.4, 0.5) is 8.78 Å². The molecule has 24 heavy (non-hydrogen) atoms. The van der Waals surface area contributed by atoms with Crippen molar-refractivity contribution in [2.45, 2.75) is 13.0 Å². The van der Waals surface area contributed by atoms with Crippen LogP contribution in [0, 0.1) is 11.6 Å². The van der Waals surface area contributed by atoms with Crippen LogP contribution in [0.2, 0.25) is 0 Å². The first-order chi connectivity index (χ1) is 11.4. The van der Waals surface area contributed by atoms with Gasteiger partial charge in [0.2, 0.25) is 0 Å². The first kappa shape index (κ1) is 17.9. The molecule has 0 fully saturated rings. The third kappa shape index (κ3) is 4.51. The molecule has 2 aromatic rings. The first-order valence-electron chi connectivity index (χ1n) is 6.85. The minimum absolute atomic E-state index is 0.0762. The van der Waals surface area contributed by atoms with Gasteiger partial charge in [0.05, 0.1) is 5.56 Å². The molecule has 5 nitrogen and oxygen atoms in total. The largest absolute Gasteiger partial charge is 0.478 e. The molecule has 0 aromatic heterocycles. The van der Waals surface area contributed by atoms with Gasteiger partial charge in [-0.25, -0.2) is 8.78 Å². The van der Waals surface area contributed by atoms with Crippen molar-refractivity contribution in [3.8, 4) is 5.75 Å². The average Bonchev–Trinajstić information content (AvgIpc) is 2.54. The van der Waals surface area contributed by atoms with Gasteiger partial charge in [-0.05, 0) is 53.2 Å². The Labute approximate surface area is 145 Å². The third-order valence-corrected chi connectivity index (χ3v) is 3.64. The predicted molar refractivity (Wildman–Crippen MR) is 86.2 cm³/mol. The van der Waals surface area contributed by atoms with Crippen LogP contribution in [0.3, 0.4) is 0 Å². The Balaban J connectivity index is 1.92. The number of carbonyl (C=O) groups excluding carboxylic acids is 2. The number of nitrogens with one attached hydrogen (secondary N) is 2. The Morgan fingerprint density at radius 1 is 1.12 bits per heavy atom. The van der Waals surface area contributed by atoms with E-state index in [4.69, 9.17) is 4.74 Å². The van der Waals surface area contributed by atoms with Crippen molar-refractivity contribution >= 4 is 27.7 Å². The van der Waals surface area contributed by atoms with Gasteiger partial charge in [-0.3, -0.25) is 20.4 Å². The van der Waals surface area contributed by atoms with Crippen molar-refractivity contribution in [2.75, 3.05) is 0 Å². The quantitative estimate of drug-likeness (QED) is 0.778. The maximum Gasteiger partial charge on any atom is 0.279 e. The molecule has 0 aliphatic heterocycles. The summed E-state index contributed by atoms with van der Waals surface area (Å²) < 4.78 is 31.9. The van der Waals surface area contributed by atoms with E-state index in [0.29, 0.717) is 0 Å². The Morgan fingerprint density at radius 3 is 2.50 bits per heavy atom. The minimum Gasteiger partial charge on any atom is -0.478 e. The zero-order valence-electron chi connectivity index (χ0n) is 12.5. The molecule has 2 amide bonds. The zero-order valence-corrected chi connectivity index (χ0v) is 14.1. The van der Waals surface area contributed by atoms with Crippen molar-refractivity contribution in [2.24, 2.45) is 0 Å². The van der Waals surface area contributed by atoms with Gasteiger partial charge in [0.25, 0.3) is 11.8 Å². The molecule has 0 saturated heterocycles. The van der Waals surface area contributed by atoms with Crippen LogP contribution in [0.25, 0.3) is 0 Å². The van der Waals surface area contributed by atoms with Crippen LogP contribution in [0.15, 0.2) is 46.9 Å². The summed E-state index contributed by atoms with van der Waals surface area (Å²) >= 11 is 3.06. The maximum absolute atomic E-state index is 13.5. The molecular weight excluding hydrogens is 386 g/mol. The lowest BCUT2D eigenvalue weighted by atomic mass is 10.2. The number of amides is 2. The second-order valence-electron chi connectivity index (χ2n) is 4.76. The summed E-state index contributed by atoms with van der Waals surface area (Å²) in [6.07, 6.45) is -1.04. The maximum atomic E-state index is 13.5. The highest BCUT2D eigenvalue weighted by atomic mass is 79.9.